The summed E-state index contributed by atoms with van der Waals surface area (Å²) in [5, 5.41) is 2.73. The first kappa shape index (κ1) is 19.6. The highest BCUT2D eigenvalue weighted by Crippen LogP contribution is 2.35. The minimum atomic E-state index is -1.02. The van der Waals surface area contributed by atoms with E-state index in [0.29, 0.717) is 23.4 Å². The van der Waals surface area contributed by atoms with Crippen molar-refractivity contribution in [2.24, 2.45) is 0 Å². The smallest absolute Gasteiger partial charge is 0.337 e. The molecule has 0 aliphatic carbocycles. The Balaban J connectivity index is 1.64. The molecule has 7 nitrogen and oxygen atoms in total. The summed E-state index contributed by atoms with van der Waals surface area (Å²) in [4.78, 5) is 33.2. The minimum absolute atomic E-state index is 0.0271. The van der Waals surface area contributed by atoms with E-state index in [1.54, 1.807) is 12.1 Å². The van der Waals surface area contributed by atoms with Crippen molar-refractivity contribution >= 4 is 17.7 Å². The van der Waals surface area contributed by atoms with Crippen LogP contribution in [0.15, 0.2) is 48.8 Å². The van der Waals surface area contributed by atoms with Crippen LogP contribution in [0.25, 0.3) is 0 Å². The summed E-state index contributed by atoms with van der Waals surface area (Å²) < 4.78 is 33.1. The Morgan fingerprint density at radius 1 is 1.20 bits per heavy atom. The van der Waals surface area contributed by atoms with E-state index in [9.17, 15) is 18.4 Å². The average Bonchev–Trinajstić information content (AvgIpc) is 3.24. The van der Waals surface area contributed by atoms with Crippen LogP contribution in [0, 0.1) is 11.6 Å². The number of halogens is 2. The lowest BCUT2D eigenvalue weighted by Gasteiger charge is -2.35. The Kier molecular flexibility index (Phi) is 5.18. The highest BCUT2D eigenvalue weighted by molar-refractivity contribution is 5.92. The average molecular weight is 412 g/mol. The van der Waals surface area contributed by atoms with E-state index < -0.39 is 29.7 Å². The summed E-state index contributed by atoms with van der Waals surface area (Å²) in [5.41, 5.74) is 2.06. The Hall–Kier alpha value is -3.75. The molecule has 9 heteroatoms. The second-order valence-electron chi connectivity index (χ2n) is 6.75. The number of carbonyl (C=O) groups is 2. The number of hydrogen-bond acceptors (Lipinski definition) is 4. The molecule has 0 saturated carbocycles. The lowest BCUT2D eigenvalue weighted by Crippen LogP contribution is -2.43. The van der Waals surface area contributed by atoms with Crippen LogP contribution in [0.1, 0.15) is 33.4 Å². The zero-order valence-electron chi connectivity index (χ0n) is 16.0. The van der Waals surface area contributed by atoms with Gasteiger partial charge in [0.1, 0.15) is 6.04 Å². The molecule has 0 spiro atoms. The van der Waals surface area contributed by atoms with Gasteiger partial charge in [0.2, 0.25) is 0 Å². The predicted molar refractivity (Wildman–Crippen MR) is 104 cm³/mol. The van der Waals surface area contributed by atoms with Gasteiger partial charge < -0.3 is 19.9 Å². The van der Waals surface area contributed by atoms with Crippen LogP contribution in [0.2, 0.25) is 0 Å². The second-order valence-corrected chi connectivity index (χ2v) is 6.75. The molecule has 0 radical (unpaired) electrons. The van der Waals surface area contributed by atoms with Crippen LogP contribution in [0.3, 0.4) is 0 Å². The van der Waals surface area contributed by atoms with Gasteiger partial charge in [-0.3, -0.25) is 0 Å². The fourth-order valence-corrected chi connectivity index (χ4v) is 3.54. The minimum Gasteiger partial charge on any atom is -0.465 e. The number of aromatic amines is 1. The molecule has 0 bridgehead atoms. The van der Waals surface area contributed by atoms with Gasteiger partial charge >= 0.3 is 12.0 Å². The topological polar surface area (TPSA) is 87.3 Å². The summed E-state index contributed by atoms with van der Waals surface area (Å²) in [6, 6.07) is 8.65. The maximum atomic E-state index is 14.6. The number of anilines is 1. The van der Waals surface area contributed by atoms with Gasteiger partial charge in [0.15, 0.2) is 11.6 Å². The second kappa shape index (κ2) is 7.94. The molecule has 1 unspecified atom stereocenters. The molecule has 2 aromatic carbocycles. The highest BCUT2D eigenvalue weighted by Gasteiger charge is 2.36. The van der Waals surface area contributed by atoms with Crippen molar-refractivity contribution in [1.29, 1.82) is 0 Å². The first-order chi connectivity index (χ1) is 14.5. The van der Waals surface area contributed by atoms with Crippen molar-refractivity contribution in [3.05, 3.63) is 82.9 Å². The van der Waals surface area contributed by atoms with E-state index in [4.69, 9.17) is 0 Å². The van der Waals surface area contributed by atoms with Gasteiger partial charge in [0.25, 0.3) is 0 Å². The van der Waals surface area contributed by atoms with Crippen molar-refractivity contribution < 1.29 is 23.1 Å². The van der Waals surface area contributed by atoms with Gasteiger partial charge in [0, 0.05) is 29.9 Å². The lowest BCUT2D eigenvalue weighted by atomic mass is 9.95. The molecule has 4 rings (SSSR count). The van der Waals surface area contributed by atoms with Crippen LogP contribution in [-0.2, 0) is 11.2 Å². The third-order valence-electron chi connectivity index (χ3n) is 5.02. The van der Waals surface area contributed by atoms with Gasteiger partial charge in [0.05, 0.1) is 24.7 Å². The van der Waals surface area contributed by atoms with Crippen molar-refractivity contribution in [3.8, 4) is 0 Å². The third kappa shape index (κ3) is 3.49. The first-order valence-corrected chi connectivity index (χ1v) is 9.21. The molecule has 1 aliphatic rings. The van der Waals surface area contributed by atoms with Gasteiger partial charge in [-0.15, -0.1) is 0 Å². The van der Waals surface area contributed by atoms with Crippen LogP contribution in [0.4, 0.5) is 19.3 Å². The standard InChI is InChI=1S/C21H18F2N4O3/c1-30-20(28)12-5-7-13(8-6-12)26-21(29)27-10-9-16-18(25-11-24-16)19(27)14-3-2-4-15(22)17(14)23/h2-8,11,19H,9-10H2,1H3,(H,24,25)(H,26,29). The molecular weight excluding hydrogens is 394 g/mol. The number of H-pyrrole nitrogens is 1. The predicted octanol–water partition coefficient (Wildman–Crippen LogP) is 3.65. The van der Waals surface area contributed by atoms with Crippen LogP contribution < -0.4 is 5.32 Å². The molecule has 30 heavy (non-hydrogen) atoms. The summed E-state index contributed by atoms with van der Waals surface area (Å²) in [5.74, 6) is -2.50. The number of amides is 2. The number of aromatic nitrogens is 2. The van der Waals surface area contributed by atoms with Crippen molar-refractivity contribution in [3.63, 3.8) is 0 Å². The summed E-state index contributed by atoms with van der Waals surface area (Å²) >= 11 is 0. The number of methoxy groups -OCH3 is 1. The first-order valence-electron chi connectivity index (χ1n) is 9.21. The van der Waals surface area contributed by atoms with E-state index in [1.165, 1.54) is 42.6 Å². The molecule has 1 aromatic heterocycles. The molecule has 0 fully saturated rings. The Bertz CT molecular complexity index is 1100. The van der Waals surface area contributed by atoms with Gasteiger partial charge in [-0.25, -0.2) is 23.4 Å². The molecule has 3 aromatic rings. The van der Waals surface area contributed by atoms with Gasteiger partial charge in [-0.1, -0.05) is 12.1 Å². The SMILES string of the molecule is COC(=O)c1ccc(NC(=O)N2CCc3[nH]cnc3C2c2cccc(F)c2F)cc1. The van der Waals surface area contributed by atoms with E-state index in [-0.39, 0.29) is 12.1 Å². The van der Waals surface area contributed by atoms with Crippen molar-refractivity contribution in [2.45, 2.75) is 12.5 Å². The Morgan fingerprint density at radius 3 is 2.70 bits per heavy atom. The fourth-order valence-electron chi connectivity index (χ4n) is 3.54. The Morgan fingerprint density at radius 2 is 1.97 bits per heavy atom. The molecule has 1 atom stereocenters. The number of urea groups is 1. The number of nitrogens with one attached hydrogen (secondary N) is 2. The molecule has 2 amide bonds. The van der Waals surface area contributed by atoms with Crippen molar-refractivity contribution in [2.75, 3.05) is 19.0 Å². The number of esters is 1. The molecule has 0 saturated heterocycles. The maximum Gasteiger partial charge on any atom is 0.337 e. The number of ether oxygens (including phenoxy) is 1. The van der Waals surface area contributed by atoms with E-state index in [0.717, 1.165) is 11.8 Å². The van der Waals surface area contributed by atoms with Crippen molar-refractivity contribution in [1.82, 2.24) is 14.9 Å². The van der Waals surface area contributed by atoms with Gasteiger partial charge in [-0.05, 0) is 30.3 Å². The zero-order valence-corrected chi connectivity index (χ0v) is 16.0. The molecule has 154 valence electrons. The monoisotopic (exact) mass is 412 g/mol. The number of nitrogens with zero attached hydrogens (tertiary/aromatic N) is 2. The molecular formula is C21H18F2N4O3. The van der Waals surface area contributed by atoms with Crippen LogP contribution in [-0.4, -0.2) is 40.5 Å². The summed E-state index contributed by atoms with van der Waals surface area (Å²) in [7, 11) is 1.28. The van der Waals surface area contributed by atoms with Crippen LogP contribution >= 0.6 is 0 Å². The quantitative estimate of drug-likeness (QED) is 0.643. The third-order valence-corrected chi connectivity index (χ3v) is 5.02. The lowest BCUT2D eigenvalue weighted by molar-refractivity contribution is 0.0600. The number of benzene rings is 2. The largest absolute Gasteiger partial charge is 0.465 e. The normalized spacial score (nSPS) is 15.4. The number of hydrogen-bond donors (Lipinski definition) is 2. The van der Waals surface area contributed by atoms with E-state index >= 15 is 0 Å². The van der Waals surface area contributed by atoms with E-state index in [1.807, 2.05) is 0 Å². The summed E-state index contributed by atoms with van der Waals surface area (Å²) in [6.07, 6.45) is 1.97. The number of imidazole rings is 1. The number of fused-ring (bicyclic) bond motifs is 1. The van der Waals surface area contributed by atoms with Crippen LogP contribution in [0.5, 0.6) is 0 Å². The molecule has 2 N–H and O–H groups in total. The highest BCUT2D eigenvalue weighted by atomic mass is 19.2. The number of rotatable bonds is 3. The fraction of sp³-hybridized carbons (Fsp3) is 0.190. The zero-order chi connectivity index (χ0) is 21.3. The van der Waals surface area contributed by atoms with Gasteiger partial charge in [-0.2, -0.15) is 0 Å². The maximum absolute atomic E-state index is 14.6. The number of carbonyl (C=O) groups excluding carboxylic acids is 2. The molecule has 2 heterocycles. The summed E-state index contributed by atoms with van der Waals surface area (Å²) in [6.45, 7) is 0.280. The van der Waals surface area contributed by atoms with E-state index in [2.05, 4.69) is 20.0 Å². The Labute approximate surface area is 170 Å². The molecule has 1 aliphatic heterocycles.